The predicted octanol–water partition coefficient (Wildman–Crippen LogP) is 16.9. The molecule has 11 rings (SSSR count). The molecule has 0 saturated carbocycles. The quantitative estimate of drug-likeness (QED) is 0.152. The van der Waals surface area contributed by atoms with Crippen LogP contribution in [-0.2, 0) is 0 Å². The number of rotatable bonds is 8. The van der Waals surface area contributed by atoms with Crippen LogP contribution < -0.4 is 9.64 Å². The van der Waals surface area contributed by atoms with Crippen LogP contribution in [-0.4, -0.2) is 0 Å². The van der Waals surface area contributed by atoms with Crippen molar-refractivity contribution < 1.29 is 4.74 Å². The first kappa shape index (κ1) is 36.8. The van der Waals surface area contributed by atoms with Crippen molar-refractivity contribution in [2.24, 2.45) is 0 Å². The average molecular weight is 792 g/mol. The first-order chi connectivity index (χ1) is 30.7. The minimum Gasteiger partial charge on any atom is -0.455 e. The van der Waals surface area contributed by atoms with Gasteiger partial charge in [-0.05, 0) is 104 Å². The zero-order valence-corrected chi connectivity index (χ0v) is 34.0. The molecule has 0 spiro atoms. The molecule has 1 aliphatic heterocycles. The van der Waals surface area contributed by atoms with Gasteiger partial charge in [-0.3, -0.25) is 0 Å². The first-order valence-corrected chi connectivity index (χ1v) is 21.2. The van der Waals surface area contributed by atoms with E-state index in [2.05, 4.69) is 254 Å². The fourth-order valence-electron chi connectivity index (χ4n) is 8.83. The summed E-state index contributed by atoms with van der Waals surface area (Å²) in [6.07, 6.45) is 0. The molecule has 0 atom stereocenters. The van der Waals surface area contributed by atoms with Crippen molar-refractivity contribution in [3.8, 4) is 89.4 Å². The summed E-state index contributed by atoms with van der Waals surface area (Å²) in [5.41, 5.74) is 19.2. The summed E-state index contributed by atoms with van der Waals surface area (Å²) in [5, 5.41) is 0. The van der Waals surface area contributed by atoms with Gasteiger partial charge in [-0.1, -0.05) is 200 Å². The number of ether oxygens (including phenoxy) is 1. The van der Waals surface area contributed by atoms with Crippen LogP contribution in [0.3, 0.4) is 0 Å². The lowest BCUT2D eigenvalue weighted by Crippen LogP contribution is -2.11. The van der Waals surface area contributed by atoms with Crippen LogP contribution >= 0.6 is 0 Å². The van der Waals surface area contributed by atoms with Gasteiger partial charge in [0.15, 0.2) is 0 Å². The van der Waals surface area contributed by atoms with E-state index >= 15 is 0 Å². The van der Waals surface area contributed by atoms with E-state index in [9.17, 15) is 0 Å². The van der Waals surface area contributed by atoms with Crippen molar-refractivity contribution >= 4 is 17.1 Å². The molecule has 292 valence electrons. The van der Waals surface area contributed by atoms with Gasteiger partial charge in [0.2, 0.25) is 0 Å². The van der Waals surface area contributed by atoms with Crippen molar-refractivity contribution in [2.45, 2.75) is 0 Å². The smallest absolute Gasteiger partial charge is 0.143 e. The van der Waals surface area contributed by atoms with Gasteiger partial charge in [0.05, 0.1) is 5.69 Å². The molecule has 62 heavy (non-hydrogen) atoms. The molecule has 0 saturated heterocycles. The first-order valence-electron chi connectivity index (χ1n) is 21.2. The van der Waals surface area contributed by atoms with Crippen LogP contribution in [0.1, 0.15) is 0 Å². The molecule has 0 unspecified atom stereocenters. The Hall–Kier alpha value is -8.20. The zero-order valence-electron chi connectivity index (χ0n) is 34.0. The molecule has 2 nitrogen and oxygen atoms in total. The Bertz CT molecular complexity index is 3160. The zero-order chi connectivity index (χ0) is 41.2. The Balaban J connectivity index is 1.01. The third-order valence-electron chi connectivity index (χ3n) is 11.9. The highest BCUT2D eigenvalue weighted by Gasteiger charge is 2.25. The lowest BCUT2D eigenvalue weighted by atomic mass is 9.89. The highest BCUT2D eigenvalue weighted by Crippen LogP contribution is 2.52. The van der Waals surface area contributed by atoms with Gasteiger partial charge in [0.1, 0.15) is 11.5 Å². The van der Waals surface area contributed by atoms with E-state index in [4.69, 9.17) is 4.74 Å². The van der Waals surface area contributed by atoms with Crippen molar-refractivity contribution in [2.75, 3.05) is 4.90 Å². The molecule has 2 heteroatoms. The van der Waals surface area contributed by atoms with E-state index in [1.165, 1.54) is 33.4 Å². The van der Waals surface area contributed by atoms with Crippen molar-refractivity contribution in [1.29, 1.82) is 0 Å². The van der Waals surface area contributed by atoms with Gasteiger partial charge in [0.25, 0.3) is 0 Å². The largest absolute Gasteiger partial charge is 0.455 e. The standard InChI is InChI=1S/C60H41NO/c1-5-16-42(17-6-1)44-28-34-50(35-29-44)61(58-27-14-13-24-52(58)46-20-9-3-10-21-46)51-36-30-45(31-37-51)49-33-39-59-57(41-49)54-38-32-48(43-18-7-2-8-19-43)40-56(54)55-26-15-25-53(60(55)62-59)47-22-11-4-12-23-47/h1-41H. The molecule has 0 N–H and O–H groups in total. The molecule has 0 aliphatic carbocycles. The number of para-hydroxylation sites is 2. The van der Waals surface area contributed by atoms with Gasteiger partial charge < -0.3 is 9.64 Å². The number of hydrogen-bond donors (Lipinski definition) is 0. The highest BCUT2D eigenvalue weighted by atomic mass is 16.5. The summed E-state index contributed by atoms with van der Waals surface area (Å²) in [6, 6.07) is 88.8. The molecule has 0 bridgehead atoms. The van der Waals surface area contributed by atoms with Gasteiger partial charge >= 0.3 is 0 Å². The Labute approximate surface area is 363 Å². The third kappa shape index (κ3) is 6.94. The molecule has 10 aromatic carbocycles. The molecule has 0 radical (unpaired) electrons. The van der Waals surface area contributed by atoms with Crippen molar-refractivity contribution in [3.63, 3.8) is 0 Å². The summed E-state index contributed by atoms with van der Waals surface area (Å²) in [7, 11) is 0. The minimum atomic E-state index is 0.837. The predicted molar refractivity (Wildman–Crippen MR) is 259 cm³/mol. The van der Waals surface area contributed by atoms with Crippen LogP contribution in [0.25, 0.3) is 77.9 Å². The third-order valence-corrected chi connectivity index (χ3v) is 11.9. The summed E-state index contributed by atoms with van der Waals surface area (Å²) in [4.78, 5) is 2.37. The average Bonchev–Trinajstić information content (AvgIpc) is 3.50. The lowest BCUT2D eigenvalue weighted by Gasteiger charge is -2.28. The Kier molecular flexibility index (Phi) is 9.57. The molecule has 0 fully saturated rings. The number of anilines is 3. The summed E-state index contributed by atoms with van der Waals surface area (Å²) in [6.45, 7) is 0. The van der Waals surface area contributed by atoms with Gasteiger partial charge in [-0.2, -0.15) is 0 Å². The van der Waals surface area contributed by atoms with E-state index in [0.29, 0.717) is 0 Å². The van der Waals surface area contributed by atoms with Gasteiger partial charge in [-0.25, -0.2) is 0 Å². The van der Waals surface area contributed by atoms with Crippen LogP contribution in [0.15, 0.2) is 249 Å². The summed E-state index contributed by atoms with van der Waals surface area (Å²) >= 11 is 0. The second kappa shape index (κ2) is 16.1. The van der Waals surface area contributed by atoms with E-state index in [1.54, 1.807) is 0 Å². The molecule has 1 aliphatic rings. The van der Waals surface area contributed by atoms with Crippen LogP contribution in [0, 0.1) is 0 Å². The van der Waals surface area contributed by atoms with Gasteiger partial charge in [-0.15, -0.1) is 0 Å². The van der Waals surface area contributed by atoms with E-state index in [1.807, 2.05) is 0 Å². The maximum atomic E-state index is 7.03. The number of benzene rings is 10. The van der Waals surface area contributed by atoms with E-state index in [0.717, 1.165) is 73.1 Å². The highest BCUT2D eigenvalue weighted by molar-refractivity contribution is 5.97. The van der Waals surface area contributed by atoms with Crippen molar-refractivity contribution in [3.05, 3.63) is 249 Å². The van der Waals surface area contributed by atoms with Crippen LogP contribution in [0.2, 0.25) is 0 Å². The van der Waals surface area contributed by atoms with Crippen LogP contribution in [0.4, 0.5) is 17.1 Å². The number of fused-ring (bicyclic) bond motifs is 5. The van der Waals surface area contributed by atoms with Gasteiger partial charge in [0, 0.05) is 33.6 Å². The molecule has 0 aromatic heterocycles. The van der Waals surface area contributed by atoms with Crippen molar-refractivity contribution in [1.82, 2.24) is 0 Å². The topological polar surface area (TPSA) is 12.5 Å². The summed E-state index contributed by atoms with van der Waals surface area (Å²) < 4.78 is 7.03. The number of hydrogen-bond acceptors (Lipinski definition) is 2. The number of nitrogens with zero attached hydrogens (tertiary/aromatic N) is 1. The maximum absolute atomic E-state index is 7.03. The monoisotopic (exact) mass is 791 g/mol. The second-order valence-corrected chi connectivity index (χ2v) is 15.7. The minimum absolute atomic E-state index is 0.837. The molecular formula is C60H41NO. The second-order valence-electron chi connectivity index (χ2n) is 15.7. The van der Waals surface area contributed by atoms with Crippen LogP contribution in [0.5, 0.6) is 11.5 Å². The Morgan fingerprint density at radius 2 is 0.661 bits per heavy atom. The molecule has 1 heterocycles. The van der Waals surface area contributed by atoms with E-state index in [-0.39, 0.29) is 0 Å². The Morgan fingerprint density at radius 1 is 0.242 bits per heavy atom. The molecule has 10 aromatic rings. The fourth-order valence-corrected chi connectivity index (χ4v) is 8.83. The fraction of sp³-hybridized carbons (Fsp3) is 0. The summed E-state index contributed by atoms with van der Waals surface area (Å²) in [5.74, 6) is 1.71. The maximum Gasteiger partial charge on any atom is 0.143 e. The SMILES string of the molecule is c1ccc(-c2ccc(N(c3ccc(-c4ccc5c(c4)-c4ccc(-c6ccccc6)cc4-c4cccc(-c6ccccc6)c4O5)cc3)c3ccccc3-c3ccccc3)cc2)cc1. The molecule has 0 amide bonds. The van der Waals surface area contributed by atoms with E-state index < -0.39 is 0 Å². The Morgan fingerprint density at radius 3 is 1.27 bits per heavy atom. The lowest BCUT2D eigenvalue weighted by molar-refractivity contribution is 0.489. The normalized spacial score (nSPS) is 11.4. The molecular weight excluding hydrogens is 751 g/mol.